The van der Waals surface area contributed by atoms with Crippen LogP contribution in [-0.4, -0.2) is 39.0 Å². The van der Waals surface area contributed by atoms with Gasteiger partial charge in [-0.3, -0.25) is 0 Å². The Balaban J connectivity index is 1.43. The number of nitrogens with one attached hydrogen (secondary N) is 1. The van der Waals surface area contributed by atoms with Crippen molar-refractivity contribution in [1.29, 1.82) is 0 Å². The fourth-order valence-corrected chi connectivity index (χ4v) is 3.06. The quantitative estimate of drug-likeness (QED) is 0.677. The molecule has 3 nitrogen and oxygen atoms in total. The molecule has 0 unspecified atom stereocenters. The number of hydrogen-bond donors (Lipinski definition) is 1. The Labute approximate surface area is 112 Å². The van der Waals surface area contributed by atoms with Crippen molar-refractivity contribution in [3.05, 3.63) is 0 Å². The smallest absolute Gasteiger partial charge is 0.0802 e. The molecule has 0 aromatic heterocycles. The molecule has 0 bridgehead atoms. The van der Waals surface area contributed by atoms with Gasteiger partial charge >= 0.3 is 0 Å². The molecule has 2 rings (SSSR count). The largest absolute Gasteiger partial charge is 0.381 e. The Morgan fingerprint density at radius 2 is 2.00 bits per heavy atom. The van der Waals surface area contributed by atoms with Crippen LogP contribution in [0.1, 0.15) is 51.4 Å². The second-order valence-electron chi connectivity index (χ2n) is 5.97. The summed E-state index contributed by atoms with van der Waals surface area (Å²) in [6.45, 7) is 4.16. The van der Waals surface area contributed by atoms with Gasteiger partial charge in [0.15, 0.2) is 0 Å². The van der Waals surface area contributed by atoms with Crippen LogP contribution in [0.15, 0.2) is 0 Å². The minimum absolute atomic E-state index is 0.181. The number of methoxy groups -OCH3 is 1. The molecular weight excluding hydrogens is 226 g/mol. The third-order valence-electron chi connectivity index (χ3n) is 4.70. The van der Waals surface area contributed by atoms with E-state index in [-0.39, 0.29) is 5.60 Å². The summed E-state index contributed by atoms with van der Waals surface area (Å²) in [7, 11) is 1.85. The highest BCUT2D eigenvalue weighted by Crippen LogP contribution is 2.34. The van der Waals surface area contributed by atoms with E-state index in [0.29, 0.717) is 0 Å². The first-order chi connectivity index (χ1) is 8.85. The Kier molecular flexibility index (Phi) is 5.93. The summed E-state index contributed by atoms with van der Waals surface area (Å²) in [6.07, 6.45) is 10.4. The van der Waals surface area contributed by atoms with Gasteiger partial charge in [-0.05, 0) is 51.0 Å². The highest BCUT2D eigenvalue weighted by atomic mass is 16.5. The van der Waals surface area contributed by atoms with E-state index in [4.69, 9.17) is 9.47 Å². The first kappa shape index (κ1) is 14.3. The molecule has 2 fully saturated rings. The van der Waals surface area contributed by atoms with Gasteiger partial charge in [0, 0.05) is 26.9 Å². The zero-order chi connectivity index (χ0) is 12.7. The van der Waals surface area contributed by atoms with Gasteiger partial charge in [0.05, 0.1) is 5.60 Å². The molecule has 2 aliphatic rings. The zero-order valence-corrected chi connectivity index (χ0v) is 11.9. The predicted molar refractivity (Wildman–Crippen MR) is 73.9 cm³/mol. The molecule has 1 saturated heterocycles. The number of unbranched alkanes of at least 4 members (excludes halogenated alkanes) is 1. The van der Waals surface area contributed by atoms with Crippen molar-refractivity contribution in [2.75, 3.05) is 33.4 Å². The van der Waals surface area contributed by atoms with Crippen molar-refractivity contribution in [2.24, 2.45) is 5.92 Å². The fraction of sp³-hybridized carbons (Fsp3) is 1.00. The van der Waals surface area contributed by atoms with Crippen molar-refractivity contribution in [2.45, 2.75) is 57.0 Å². The van der Waals surface area contributed by atoms with E-state index < -0.39 is 0 Å². The van der Waals surface area contributed by atoms with Crippen LogP contribution >= 0.6 is 0 Å². The molecule has 1 saturated carbocycles. The molecule has 1 aliphatic heterocycles. The zero-order valence-electron chi connectivity index (χ0n) is 11.9. The standard InChI is InChI=1S/C15H29NO2/c1-17-15(8-4-9-15)13-16-10-3-2-5-14-6-11-18-12-7-14/h14,16H,2-13H2,1H3. The molecule has 0 radical (unpaired) electrons. The number of ether oxygens (including phenoxy) is 2. The van der Waals surface area contributed by atoms with Crippen LogP contribution in [-0.2, 0) is 9.47 Å². The lowest BCUT2D eigenvalue weighted by molar-refractivity contribution is -0.0692. The van der Waals surface area contributed by atoms with Crippen LogP contribution in [0.5, 0.6) is 0 Å². The highest BCUT2D eigenvalue weighted by molar-refractivity contribution is 4.91. The van der Waals surface area contributed by atoms with E-state index in [1.807, 2.05) is 7.11 Å². The van der Waals surface area contributed by atoms with E-state index in [1.54, 1.807) is 0 Å². The highest BCUT2D eigenvalue weighted by Gasteiger charge is 2.36. The van der Waals surface area contributed by atoms with Crippen LogP contribution in [0.3, 0.4) is 0 Å². The first-order valence-corrected chi connectivity index (χ1v) is 7.68. The third-order valence-corrected chi connectivity index (χ3v) is 4.70. The van der Waals surface area contributed by atoms with Gasteiger partial charge in [-0.15, -0.1) is 0 Å². The maximum absolute atomic E-state index is 5.60. The van der Waals surface area contributed by atoms with Crippen molar-refractivity contribution in [3.63, 3.8) is 0 Å². The molecule has 0 atom stereocenters. The van der Waals surface area contributed by atoms with E-state index >= 15 is 0 Å². The minimum Gasteiger partial charge on any atom is -0.381 e. The fourth-order valence-electron chi connectivity index (χ4n) is 3.06. The average molecular weight is 255 g/mol. The summed E-state index contributed by atoms with van der Waals surface area (Å²) in [5, 5.41) is 3.57. The minimum atomic E-state index is 0.181. The van der Waals surface area contributed by atoms with Crippen molar-refractivity contribution in [3.8, 4) is 0 Å². The van der Waals surface area contributed by atoms with Gasteiger partial charge in [0.2, 0.25) is 0 Å². The molecule has 0 aromatic rings. The van der Waals surface area contributed by atoms with Gasteiger partial charge in [-0.2, -0.15) is 0 Å². The second kappa shape index (κ2) is 7.46. The summed E-state index contributed by atoms with van der Waals surface area (Å²) in [5.41, 5.74) is 0.181. The third kappa shape index (κ3) is 4.22. The van der Waals surface area contributed by atoms with Gasteiger partial charge in [0.1, 0.15) is 0 Å². The molecule has 0 aromatic carbocycles. The van der Waals surface area contributed by atoms with Crippen molar-refractivity contribution < 1.29 is 9.47 Å². The monoisotopic (exact) mass is 255 g/mol. The molecule has 3 heteroatoms. The number of hydrogen-bond acceptors (Lipinski definition) is 3. The van der Waals surface area contributed by atoms with Crippen LogP contribution < -0.4 is 5.32 Å². The molecule has 0 spiro atoms. The summed E-state index contributed by atoms with van der Waals surface area (Å²) >= 11 is 0. The van der Waals surface area contributed by atoms with E-state index in [0.717, 1.165) is 32.2 Å². The molecule has 1 heterocycles. The molecule has 106 valence electrons. The van der Waals surface area contributed by atoms with Crippen molar-refractivity contribution in [1.82, 2.24) is 5.32 Å². The van der Waals surface area contributed by atoms with E-state index in [1.165, 1.54) is 51.4 Å². The van der Waals surface area contributed by atoms with Crippen LogP contribution in [0.2, 0.25) is 0 Å². The van der Waals surface area contributed by atoms with Crippen LogP contribution in [0.25, 0.3) is 0 Å². The lowest BCUT2D eigenvalue weighted by Gasteiger charge is -2.40. The maximum Gasteiger partial charge on any atom is 0.0802 e. The molecule has 1 aliphatic carbocycles. The van der Waals surface area contributed by atoms with Gasteiger partial charge < -0.3 is 14.8 Å². The predicted octanol–water partition coefficient (Wildman–Crippen LogP) is 2.74. The number of rotatable bonds is 8. The Morgan fingerprint density at radius 1 is 1.22 bits per heavy atom. The average Bonchev–Trinajstić information content (AvgIpc) is 2.37. The second-order valence-corrected chi connectivity index (χ2v) is 5.97. The molecule has 1 N–H and O–H groups in total. The molecule has 18 heavy (non-hydrogen) atoms. The Bertz CT molecular complexity index is 217. The lowest BCUT2D eigenvalue weighted by atomic mass is 9.80. The first-order valence-electron chi connectivity index (χ1n) is 7.68. The topological polar surface area (TPSA) is 30.5 Å². The maximum atomic E-state index is 5.60. The van der Waals surface area contributed by atoms with Gasteiger partial charge in [0.25, 0.3) is 0 Å². The Hall–Kier alpha value is -0.120. The van der Waals surface area contributed by atoms with E-state index in [9.17, 15) is 0 Å². The summed E-state index contributed by atoms with van der Waals surface area (Å²) in [6, 6.07) is 0. The summed E-state index contributed by atoms with van der Waals surface area (Å²) in [4.78, 5) is 0. The van der Waals surface area contributed by atoms with Crippen LogP contribution in [0, 0.1) is 5.92 Å². The molecular formula is C15H29NO2. The lowest BCUT2D eigenvalue weighted by Crippen LogP contribution is -2.48. The molecule has 0 amide bonds. The van der Waals surface area contributed by atoms with Gasteiger partial charge in [-0.1, -0.05) is 12.8 Å². The SMILES string of the molecule is COC1(CNCCCCC2CCOCC2)CCC1. The van der Waals surface area contributed by atoms with Crippen LogP contribution in [0.4, 0.5) is 0 Å². The van der Waals surface area contributed by atoms with E-state index in [2.05, 4.69) is 5.32 Å². The normalized spacial score (nSPS) is 23.8. The Morgan fingerprint density at radius 3 is 2.61 bits per heavy atom. The van der Waals surface area contributed by atoms with Gasteiger partial charge in [-0.25, -0.2) is 0 Å². The summed E-state index contributed by atoms with van der Waals surface area (Å²) in [5.74, 6) is 0.927. The van der Waals surface area contributed by atoms with Crippen molar-refractivity contribution >= 4 is 0 Å². The summed E-state index contributed by atoms with van der Waals surface area (Å²) < 4.78 is 11.0.